The van der Waals surface area contributed by atoms with Gasteiger partial charge in [-0.05, 0) is 49.4 Å². The Bertz CT molecular complexity index is 814. The van der Waals surface area contributed by atoms with E-state index < -0.39 is 0 Å². The third-order valence-electron chi connectivity index (χ3n) is 5.07. The van der Waals surface area contributed by atoms with Crippen LogP contribution in [0.2, 0.25) is 0 Å². The first kappa shape index (κ1) is 18.3. The molecule has 26 heavy (non-hydrogen) atoms. The first-order chi connectivity index (χ1) is 12.6. The fourth-order valence-corrected chi connectivity index (χ4v) is 4.06. The smallest absolute Gasteiger partial charge is 0.0543 e. The summed E-state index contributed by atoms with van der Waals surface area (Å²) in [7, 11) is 0. The predicted molar refractivity (Wildman–Crippen MR) is 113 cm³/mol. The molecule has 0 fully saturated rings. The molecule has 1 nitrogen and oxygen atoms in total. The Labute approximate surface area is 158 Å². The van der Waals surface area contributed by atoms with E-state index in [2.05, 4.69) is 105 Å². The van der Waals surface area contributed by atoms with Crippen molar-refractivity contribution in [3.05, 3.63) is 101 Å². The minimum Gasteiger partial charge on any atom is -0.360 e. The van der Waals surface area contributed by atoms with Crippen LogP contribution in [-0.4, -0.2) is 0 Å². The van der Waals surface area contributed by atoms with Crippen molar-refractivity contribution in [1.82, 2.24) is 0 Å². The van der Waals surface area contributed by atoms with Gasteiger partial charge in [0.15, 0.2) is 0 Å². The summed E-state index contributed by atoms with van der Waals surface area (Å²) in [6, 6.07) is 26.7. The van der Waals surface area contributed by atoms with Crippen LogP contribution in [0.3, 0.4) is 0 Å². The van der Waals surface area contributed by atoms with E-state index in [0.717, 1.165) is 13.0 Å². The predicted octanol–water partition coefficient (Wildman–Crippen LogP) is 6.77. The normalized spacial score (nSPS) is 12.0. The van der Waals surface area contributed by atoms with Gasteiger partial charge in [-0.3, -0.25) is 0 Å². The molecule has 0 aromatic heterocycles. The minimum absolute atomic E-state index is 0.358. The van der Waals surface area contributed by atoms with Gasteiger partial charge in [-0.1, -0.05) is 85.3 Å². The highest BCUT2D eigenvalue weighted by Crippen LogP contribution is 2.36. The molecule has 3 aromatic rings. The van der Waals surface area contributed by atoms with Crippen LogP contribution in [0.1, 0.15) is 47.2 Å². The number of aryl methyl sites for hydroxylation is 3. The van der Waals surface area contributed by atoms with Gasteiger partial charge < -0.3 is 4.90 Å². The number of hydrogen-bond acceptors (Lipinski definition) is 1. The maximum Gasteiger partial charge on any atom is 0.0543 e. The highest BCUT2D eigenvalue weighted by atomic mass is 15.2. The topological polar surface area (TPSA) is 3.24 Å². The van der Waals surface area contributed by atoms with Gasteiger partial charge in [0.05, 0.1) is 6.04 Å². The van der Waals surface area contributed by atoms with Gasteiger partial charge >= 0.3 is 0 Å². The molecule has 0 aliphatic heterocycles. The molecular weight excluding hydrogens is 314 g/mol. The molecule has 0 aliphatic rings. The Morgan fingerprint density at radius 1 is 0.769 bits per heavy atom. The Balaban J connectivity index is 2.10. The van der Waals surface area contributed by atoms with E-state index in [-0.39, 0.29) is 0 Å². The molecule has 1 atom stereocenters. The van der Waals surface area contributed by atoms with Crippen molar-refractivity contribution >= 4 is 5.69 Å². The van der Waals surface area contributed by atoms with Crippen LogP contribution < -0.4 is 4.90 Å². The van der Waals surface area contributed by atoms with E-state index >= 15 is 0 Å². The highest BCUT2D eigenvalue weighted by Gasteiger charge is 2.22. The number of anilines is 1. The monoisotopic (exact) mass is 343 g/mol. The minimum atomic E-state index is 0.358. The zero-order chi connectivity index (χ0) is 18.5. The first-order valence-corrected chi connectivity index (χ1v) is 9.53. The molecule has 0 N–H and O–H groups in total. The van der Waals surface area contributed by atoms with Gasteiger partial charge in [0.1, 0.15) is 0 Å². The Morgan fingerprint density at radius 3 is 1.85 bits per heavy atom. The molecule has 0 amide bonds. The van der Waals surface area contributed by atoms with Crippen LogP contribution >= 0.6 is 0 Å². The van der Waals surface area contributed by atoms with Gasteiger partial charge in [-0.25, -0.2) is 0 Å². The quantitative estimate of drug-likeness (QED) is 0.477. The lowest BCUT2D eigenvalue weighted by Crippen LogP contribution is -2.29. The summed E-state index contributed by atoms with van der Waals surface area (Å²) in [4.78, 5) is 2.59. The van der Waals surface area contributed by atoms with Crippen molar-refractivity contribution in [3.8, 4) is 0 Å². The van der Waals surface area contributed by atoms with Crippen molar-refractivity contribution in [2.75, 3.05) is 4.90 Å². The lowest BCUT2D eigenvalue weighted by atomic mass is 9.97. The number of nitrogens with zero attached hydrogens (tertiary/aromatic N) is 1. The van der Waals surface area contributed by atoms with Crippen molar-refractivity contribution in [1.29, 1.82) is 0 Å². The molecule has 0 spiro atoms. The van der Waals surface area contributed by atoms with Crippen molar-refractivity contribution < 1.29 is 0 Å². The molecular formula is C25H29N. The molecule has 0 saturated heterocycles. The third-order valence-corrected chi connectivity index (χ3v) is 5.07. The molecule has 0 bridgehead atoms. The number of benzene rings is 3. The number of rotatable bonds is 6. The maximum absolute atomic E-state index is 2.59. The molecule has 1 unspecified atom stereocenters. The molecule has 3 rings (SSSR count). The van der Waals surface area contributed by atoms with E-state index in [0.29, 0.717) is 6.04 Å². The molecule has 0 aliphatic carbocycles. The summed E-state index contributed by atoms with van der Waals surface area (Å²) >= 11 is 0. The van der Waals surface area contributed by atoms with Crippen LogP contribution in [0.25, 0.3) is 0 Å². The summed E-state index contributed by atoms with van der Waals surface area (Å²) < 4.78 is 0. The summed E-state index contributed by atoms with van der Waals surface area (Å²) in [5, 5.41) is 0. The van der Waals surface area contributed by atoms with Gasteiger partial charge in [0, 0.05) is 12.2 Å². The summed E-state index contributed by atoms with van der Waals surface area (Å²) in [6.45, 7) is 9.86. The molecule has 134 valence electrons. The van der Waals surface area contributed by atoms with E-state index in [1.165, 1.54) is 33.5 Å². The Hall–Kier alpha value is -2.54. The summed E-state index contributed by atoms with van der Waals surface area (Å²) in [5.74, 6) is 0. The van der Waals surface area contributed by atoms with Crippen molar-refractivity contribution in [2.24, 2.45) is 0 Å². The lowest BCUT2D eigenvalue weighted by molar-refractivity contribution is 0.597. The van der Waals surface area contributed by atoms with Crippen LogP contribution in [0.4, 0.5) is 5.69 Å². The molecule has 0 radical (unpaired) electrons. The van der Waals surface area contributed by atoms with Gasteiger partial charge in [0.25, 0.3) is 0 Å². The zero-order valence-corrected chi connectivity index (χ0v) is 16.4. The highest BCUT2D eigenvalue weighted by molar-refractivity contribution is 5.61. The fraction of sp³-hybridized carbons (Fsp3) is 0.280. The fourth-order valence-electron chi connectivity index (χ4n) is 4.06. The summed E-state index contributed by atoms with van der Waals surface area (Å²) in [6.07, 6.45) is 1.07. The van der Waals surface area contributed by atoms with Gasteiger partial charge in [0.2, 0.25) is 0 Å². The van der Waals surface area contributed by atoms with Crippen LogP contribution in [0.5, 0.6) is 0 Å². The first-order valence-electron chi connectivity index (χ1n) is 9.53. The lowest BCUT2D eigenvalue weighted by Gasteiger charge is -2.36. The van der Waals surface area contributed by atoms with Gasteiger partial charge in [-0.15, -0.1) is 0 Å². The maximum atomic E-state index is 2.59. The second-order valence-electron chi connectivity index (χ2n) is 7.20. The van der Waals surface area contributed by atoms with E-state index in [4.69, 9.17) is 0 Å². The molecule has 0 heterocycles. The van der Waals surface area contributed by atoms with Crippen molar-refractivity contribution in [3.63, 3.8) is 0 Å². The Kier molecular flexibility index (Phi) is 5.78. The van der Waals surface area contributed by atoms with Crippen LogP contribution in [0.15, 0.2) is 72.8 Å². The second-order valence-corrected chi connectivity index (χ2v) is 7.20. The zero-order valence-electron chi connectivity index (χ0n) is 16.4. The third kappa shape index (κ3) is 3.99. The number of hydrogen-bond donors (Lipinski definition) is 0. The largest absolute Gasteiger partial charge is 0.360 e. The molecule has 0 saturated carbocycles. The van der Waals surface area contributed by atoms with E-state index in [9.17, 15) is 0 Å². The molecule has 1 heteroatoms. The molecule has 3 aromatic carbocycles. The SMILES string of the molecule is CCC(c1ccccc1)N(Cc1ccccc1)c1c(C)cc(C)cc1C. The Morgan fingerprint density at radius 2 is 1.31 bits per heavy atom. The average Bonchev–Trinajstić information content (AvgIpc) is 2.63. The second kappa shape index (κ2) is 8.23. The van der Waals surface area contributed by atoms with Crippen LogP contribution in [0, 0.1) is 20.8 Å². The van der Waals surface area contributed by atoms with Crippen molar-refractivity contribution in [2.45, 2.75) is 46.7 Å². The average molecular weight is 344 g/mol. The van der Waals surface area contributed by atoms with E-state index in [1.807, 2.05) is 0 Å². The van der Waals surface area contributed by atoms with Crippen LogP contribution in [-0.2, 0) is 6.54 Å². The summed E-state index contributed by atoms with van der Waals surface area (Å²) in [5.41, 5.74) is 8.14. The van der Waals surface area contributed by atoms with E-state index in [1.54, 1.807) is 0 Å². The van der Waals surface area contributed by atoms with Gasteiger partial charge in [-0.2, -0.15) is 0 Å². The standard InChI is InChI=1S/C25H29N/c1-5-24(23-14-10-7-11-15-23)26(18-22-12-8-6-9-13-22)25-20(3)16-19(2)17-21(25)4/h6-17,24H,5,18H2,1-4H3.